The number of aromatic nitrogens is 2. The number of rotatable bonds is 3. The molecule has 0 atom stereocenters. The van der Waals surface area contributed by atoms with E-state index in [0.717, 1.165) is 16.0 Å². The van der Waals surface area contributed by atoms with E-state index >= 15 is 0 Å². The second-order valence-electron chi connectivity index (χ2n) is 4.42. The van der Waals surface area contributed by atoms with Crippen molar-refractivity contribution in [2.24, 2.45) is 0 Å². The van der Waals surface area contributed by atoms with E-state index in [1.165, 1.54) is 0 Å². The maximum Gasteiger partial charge on any atom is 0.268 e. The van der Waals surface area contributed by atoms with Crippen LogP contribution in [0.15, 0.2) is 46.3 Å². The molecule has 0 fully saturated rings. The molecule has 0 unspecified atom stereocenters. The average molecular weight is 293 g/mol. The number of nitrogens with zero attached hydrogens (tertiary/aromatic N) is 3. The molecule has 2 aromatic heterocycles. The van der Waals surface area contributed by atoms with Gasteiger partial charge in [0, 0.05) is 10.4 Å². The van der Waals surface area contributed by atoms with Gasteiger partial charge >= 0.3 is 0 Å². The van der Waals surface area contributed by atoms with Gasteiger partial charge in [-0.25, -0.2) is 0 Å². The number of hydrogen-bond acceptors (Lipinski definition) is 5. The van der Waals surface area contributed by atoms with E-state index in [9.17, 15) is 5.26 Å². The molecule has 0 saturated heterocycles. The maximum atomic E-state index is 9.27. The minimum Gasteiger partial charge on any atom is -0.333 e. The molecule has 102 valence electrons. The van der Waals surface area contributed by atoms with Crippen LogP contribution in [-0.4, -0.2) is 10.1 Å². The molecular weight excluding hydrogens is 282 g/mol. The summed E-state index contributed by atoms with van der Waals surface area (Å²) in [6.07, 6.45) is 1.75. The zero-order valence-electron chi connectivity index (χ0n) is 11.3. The molecule has 0 aliphatic rings. The topological polar surface area (TPSA) is 62.7 Å². The first-order valence-corrected chi connectivity index (χ1v) is 7.21. The summed E-state index contributed by atoms with van der Waals surface area (Å²) in [5.41, 5.74) is 2.33. The fraction of sp³-hybridized carbons (Fsp3) is 0.0625. The molecular formula is C16H11N3OS. The normalized spacial score (nSPS) is 11.3. The molecule has 3 aromatic rings. The highest BCUT2D eigenvalue weighted by molar-refractivity contribution is 7.10. The van der Waals surface area contributed by atoms with Crippen molar-refractivity contribution < 1.29 is 4.52 Å². The molecule has 0 saturated carbocycles. The highest BCUT2D eigenvalue weighted by atomic mass is 32.1. The predicted octanol–water partition coefficient (Wildman–Crippen LogP) is 4.17. The number of thiophene rings is 1. The summed E-state index contributed by atoms with van der Waals surface area (Å²) in [7, 11) is 0. The highest BCUT2D eigenvalue weighted by Gasteiger charge is 2.14. The Morgan fingerprint density at radius 1 is 1.29 bits per heavy atom. The molecule has 0 radical (unpaired) electrons. The van der Waals surface area contributed by atoms with Crippen LogP contribution in [-0.2, 0) is 0 Å². The van der Waals surface area contributed by atoms with Gasteiger partial charge in [0.1, 0.15) is 11.6 Å². The lowest BCUT2D eigenvalue weighted by atomic mass is 10.1. The lowest BCUT2D eigenvalue weighted by Crippen LogP contribution is -1.86. The molecule has 21 heavy (non-hydrogen) atoms. The molecule has 0 aliphatic heterocycles. The van der Waals surface area contributed by atoms with Gasteiger partial charge in [0.2, 0.25) is 5.82 Å². The van der Waals surface area contributed by atoms with Gasteiger partial charge in [0.15, 0.2) is 0 Å². The van der Waals surface area contributed by atoms with Crippen LogP contribution in [0.3, 0.4) is 0 Å². The number of hydrogen-bond donors (Lipinski definition) is 0. The van der Waals surface area contributed by atoms with Crippen LogP contribution in [0.1, 0.15) is 16.3 Å². The summed E-state index contributed by atoms with van der Waals surface area (Å²) in [6, 6.07) is 13.8. The van der Waals surface area contributed by atoms with Gasteiger partial charge < -0.3 is 4.52 Å². The Kier molecular flexibility index (Phi) is 3.63. The van der Waals surface area contributed by atoms with E-state index in [4.69, 9.17) is 4.52 Å². The van der Waals surface area contributed by atoms with E-state index in [2.05, 4.69) is 16.2 Å². The van der Waals surface area contributed by atoms with Gasteiger partial charge in [-0.15, -0.1) is 11.3 Å². The maximum absolute atomic E-state index is 9.27. The summed E-state index contributed by atoms with van der Waals surface area (Å²) in [5, 5.41) is 15.2. The summed E-state index contributed by atoms with van der Waals surface area (Å²) < 4.78 is 5.23. The third kappa shape index (κ3) is 2.76. The Labute approximate surface area is 126 Å². The van der Waals surface area contributed by atoms with Crippen molar-refractivity contribution in [1.29, 1.82) is 5.26 Å². The second kappa shape index (κ2) is 5.73. The Bertz CT molecular complexity index is 825. The van der Waals surface area contributed by atoms with E-state index in [1.807, 2.05) is 48.7 Å². The van der Waals surface area contributed by atoms with Crippen molar-refractivity contribution in [3.05, 3.63) is 58.1 Å². The van der Waals surface area contributed by atoms with E-state index in [1.54, 1.807) is 17.4 Å². The van der Waals surface area contributed by atoms with Gasteiger partial charge in [-0.1, -0.05) is 35.5 Å². The number of nitriles is 1. The van der Waals surface area contributed by atoms with Crippen LogP contribution in [0.5, 0.6) is 0 Å². The van der Waals surface area contributed by atoms with Gasteiger partial charge in [-0.05, 0) is 30.0 Å². The molecule has 0 amide bonds. The quantitative estimate of drug-likeness (QED) is 0.680. The fourth-order valence-corrected chi connectivity index (χ4v) is 2.58. The molecule has 0 aliphatic carbocycles. The van der Waals surface area contributed by atoms with Crippen LogP contribution >= 0.6 is 11.3 Å². The Morgan fingerprint density at radius 3 is 2.86 bits per heavy atom. The Morgan fingerprint density at radius 2 is 2.14 bits per heavy atom. The predicted molar refractivity (Wildman–Crippen MR) is 82.3 cm³/mol. The molecule has 5 heteroatoms. The van der Waals surface area contributed by atoms with Crippen molar-refractivity contribution in [3.8, 4) is 17.5 Å². The lowest BCUT2D eigenvalue weighted by molar-refractivity contribution is 0.409. The Balaban J connectivity index is 1.98. The zero-order chi connectivity index (χ0) is 14.7. The van der Waals surface area contributed by atoms with Gasteiger partial charge in [-0.3, -0.25) is 0 Å². The third-order valence-corrected chi connectivity index (χ3v) is 3.81. The van der Waals surface area contributed by atoms with Crippen molar-refractivity contribution in [2.45, 2.75) is 6.92 Å². The van der Waals surface area contributed by atoms with E-state index < -0.39 is 0 Å². The number of aryl methyl sites for hydroxylation is 1. The van der Waals surface area contributed by atoms with Crippen molar-refractivity contribution in [3.63, 3.8) is 0 Å². The second-order valence-corrected chi connectivity index (χ2v) is 5.40. The summed E-state index contributed by atoms with van der Waals surface area (Å²) >= 11 is 1.55. The Hall–Kier alpha value is -2.71. The van der Waals surface area contributed by atoms with Gasteiger partial charge in [0.25, 0.3) is 5.89 Å². The molecule has 2 heterocycles. The minimum atomic E-state index is 0.240. The first-order valence-electron chi connectivity index (χ1n) is 6.33. The third-order valence-electron chi connectivity index (χ3n) is 2.99. The highest BCUT2D eigenvalue weighted by Crippen LogP contribution is 2.24. The monoisotopic (exact) mass is 293 g/mol. The number of allylic oxidation sites excluding steroid dienone is 1. The van der Waals surface area contributed by atoms with E-state index in [-0.39, 0.29) is 5.89 Å². The van der Waals surface area contributed by atoms with Crippen LogP contribution in [0, 0.1) is 18.3 Å². The molecule has 4 nitrogen and oxygen atoms in total. The smallest absolute Gasteiger partial charge is 0.268 e. The summed E-state index contributed by atoms with van der Waals surface area (Å²) in [6.45, 7) is 1.98. The summed E-state index contributed by atoms with van der Waals surface area (Å²) in [5.74, 6) is 0.736. The van der Waals surface area contributed by atoms with E-state index in [0.29, 0.717) is 11.4 Å². The molecule has 0 spiro atoms. The van der Waals surface area contributed by atoms with Crippen LogP contribution in [0.25, 0.3) is 23.0 Å². The number of benzene rings is 1. The van der Waals surface area contributed by atoms with Crippen LogP contribution in [0.2, 0.25) is 0 Å². The largest absolute Gasteiger partial charge is 0.333 e. The molecule has 1 aromatic carbocycles. The zero-order valence-corrected chi connectivity index (χ0v) is 12.1. The van der Waals surface area contributed by atoms with Crippen molar-refractivity contribution >= 4 is 23.0 Å². The lowest BCUT2D eigenvalue weighted by Gasteiger charge is -1.97. The van der Waals surface area contributed by atoms with Crippen molar-refractivity contribution in [2.75, 3.05) is 0 Å². The molecule has 3 rings (SSSR count). The molecule has 0 N–H and O–H groups in total. The first-order chi connectivity index (χ1) is 10.3. The van der Waals surface area contributed by atoms with Crippen molar-refractivity contribution in [1.82, 2.24) is 10.1 Å². The van der Waals surface area contributed by atoms with Crippen LogP contribution in [0.4, 0.5) is 0 Å². The fourth-order valence-electron chi connectivity index (χ4n) is 1.92. The van der Waals surface area contributed by atoms with Gasteiger partial charge in [0.05, 0.1) is 0 Å². The standard InChI is InChI=1S/C16H11N3OS/c1-11-5-2-3-7-14(11)15-18-16(20-19-15)12(10-17)9-13-6-4-8-21-13/h2-9H,1H3/b12-9-. The van der Waals surface area contributed by atoms with Gasteiger partial charge in [-0.2, -0.15) is 10.2 Å². The molecule has 0 bridgehead atoms. The SMILES string of the molecule is Cc1ccccc1-c1noc(/C(C#N)=C\c2cccs2)n1. The summed E-state index contributed by atoms with van der Waals surface area (Å²) in [4.78, 5) is 5.30. The first kappa shape index (κ1) is 13.3. The average Bonchev–Trinajstić information content (AvgIpc) is 3.17. The van der Waals surface area contributed by atoms with Crippen LogP contribution < -0.4 is 0 Å². The minimum absolute atomic E-state index is 0.240.